The number of nitrogens with zero attached hydrogens (tertiary/aromatic N) is 1. The molecule has 0 spiro atoms. The third kappa shape index (κ3) is 3.83. The van der Waals surface area contributed by atoms with Gasteiger partial charge in [0.1, 0.15) is 23.0 Å². The molecule has 5 nitrogen and oxygen atoms in total. The van der Waals surface area contributed by atoms with Crippen LogP contribution in [0, 0.1) is 0 Å². The molecule has 0 unspecified atom stereocenters. The fourth-order valence-electron chi connectivity index (χ4n) is 2.68. The average molecular weight is 411 g/mol. The van der Waals surface area contributed by atoms with Crippen molar-refractivity contribution in [2.24, 2.45) is 4.99 Å². The van der Waals surface area contributed by atoms with E-state index in [-0.39, 0.29) is 5.91 Å². The van der Waals surface area contributed by atoms with Crippen molar-refractivity contribution in [3.63, 3.8) is 0 Å². The molecule has 0 aliphatic carbocycles. The molecule has 1 saturated heterocycles. The summed E-state index contributed by atoms with van der Waals surface area (Å²) in [6.07, 6.45) is 1.69. The summed E-state index contributed by atoms with van der Waals surface area (Å²) in [4.78, 5) is 17.3. The van der Waals surface area contributed by atoms with Gasteiger partial charge in [-0.05, 0) is 48.2 Å². The zero-order valence-corrected chi connectivity index (χ0v) is 16.4. The number of aliphatic imine (C=N–C) groups is 1. The monoisotopic (exact) mass is 410 g/mol. The van der Waals surface area contributed by atoms with Crippen LogP contribution in [0.15, 0.2) is 75.0 Å². The fraction of sp³-hybridized carbons (Fsp3) is 0.0476. The molecule has 1 fully saturated rings. The van der Waals surface area contributed by atoms with E-state index in [0.29, 0.717) is 38.1 Å². The number of nitrogens with one attached hydrogen (secondary N) is 1. The SMILES string of the molecule is COc1ccccc1N=C1NC(=O)/C(=C\c2ccc(-c3ccccc3Cl)o2)S1. The predicted molar refractivity (Wildman–Crippen MR) is 113 cm³/mol. The van der Waals surface area contributed by atoms with Crippen LogP contribution in [-0.2, 0) is 4.79 Å². The lowest BCUT2D eigenvalue weighted by molar-refractivity contribution is -0.115. The molecule has 0 bridgehead atoms. The van der Waals surface area contributed by atoms with Crippen molar-refractivity contribution in [3.8, 4) is 17.1 Å². The highest BCUT2D eigenvalue weighted by Crippen LogP contribution is 2.33. The first kappa shape index (κ1) is 18.4. The normalized spacial score (nSPS) is 16.6. The van der Waals surface area contributed by atoms with Gasteiger partial charge in [0, 0.05) is 11.6 Å². The number of hydrogen-bond acceptors (Lipinski definition) is 5. The van der Waals surface area contributed by atoms with E-state index >= 15 is 0 Å². The number of hydrogen-bond donors (Lipinski definition) is 1. The number of carbonyl (C=O) groups excluding carboxylic acids is 1. The van der Waals surface area contributed by atoms with Crippen molar-refractivity contribution in [1.82, 2.24) is 5.32 Å². The van der Waals surface area contributed by atoms with E-state index < -0.39 is 0 Å². The lowest BCUT2D eigenvalue weighted by Crippen LogP contribution is -2.19. The molecule has 1 aliphatic heterocycles. The number of carbonyl (C=O) groups is 1. The van der Waals surface area contributed by atoms with E-state index in [4.69, 9.17) is 20.8 Å². The smallest absolute Gasteiger partial charge is 0.264 e. The number of para-hydroxylation sites is 2. The highest BCUT2D eigenvalue weighted by atomic mass is 35.5. The van der Waals surface area contributed by atoms with Crippen molar-refractivity contribution in [2.75, 3.05) is 7.11 Å². The maximum absolute atomic E-state index is 12.3. The molecule has 2 aromatic carbocycles. The number of methoxy groups -OCH3 is 1. The molecule has 140 valence electrons. The van der Waals surface area contributed by atoms with Crippen LogP contribution in [0.2, 0.25) is 5.02 Å². The largest absolute Gasteiger partial charge is 0.494 e. The number of halogens is 1. The van der Waals surface area contributed by atoms with Crippen LogP contribution < -0.4 is 10.1 Å². The molecule has 3 aromatic rings. The van der Waals surface area contributed by atoms with E-state index in [0.717, 1.165) is 5.56 Å². The van der Waals surface area contributed by atoms with Gasteiger partial charge in [0.25, 0.3) is 5.91 Å². The molecule has 0 radical (unpaired) electrons. The van der Waals surface area contributed by atoms with Crippen molar-refractivity contribution >= 4 is 46.2 Å². The molecule has 0 saturated carbocycles. The van der Waals surface area contributed by atoms with Gasteiger partial charge >= 0.3 is 0 Å². The summed E-state index contributed by atoms with van der Waals surface area (Å²) in [6.45, 7) is 0. The second-order valence-electron chi connectivity index (χ2n) is 5.84. The van der Waals surface area contributed by atoms with Crippen molar-refractivity contribution < 1.29 is 13.9 Å². The first-order valence-corrected chi connectivity index (χ1v) is 9.61. The highest BCUT2D eigenvalue weighted by molar-refractivity contribution is 8.18. The van der Waals surface area contributed by atoms with Gasteiger partial charge in [0.05, 0.1) is 17.0 Å². The Hall–Kier alpha value is -2.96. The van der Waals surface area contributed by atoms with E-state index in [1.807, 2.05) is 48.5 Å². The van der Waals surface area contributed by atoms with Gasteiger partial charge in [-0.1, -0.05) is 35.9 Å². The summed E-state index contributed by atoms with van der Waals surface area (Å²) in [7, 11) is 1.58. The Morgan fingerprint density at radius 1 is 1.11 bits per heavy atom. The van der Waals surface area contributed by atoms with Gasteiger partial charge in [0.2, 0.25) is 0 Å². The number of furan rings is 1. The van der Waals surface area contributed by atoms with Crippen LogP contribution in [0.5, 0.6) is 5.75 Å². The first-order valence-electron chi connectivity index (χ1n) is 8.41. The topological polar surface area (TPSA) is 63.8 Å². The molecule has 7 heteroatoms. The minimum absolute atomic E-state index is 0.227. The summed E-state index contributed by atoms with van der Waals surface area (Å²) in [5.41, 5.74) is 1.45. The molecule has 4 rings (SSSR count). The van der Waals surface area contributed by atoms with E-state index in [1.165, 1.54) is 11.8 Å². The van der Waals surface area contributed by atoms with Crippen molar-refractivity contribution in [3.05, 3.63) is 76.4 Å². The Balaban J connectivity index is 1.57. The maximum atomic E-state index is 12.3. The van der Waals surface area contributed by atoms with Crippen LogP contribution in [0.4, 0.5) is 5.69 Å². The van der Waals surface area contributed by atoms with E-state index in [1.54, 1.807) is 25.3 Å². The number of thioether (sulfide) groups is 1. The van der Waals surface area contributed by atoms with Gasteiger partial charge in [-0.15, -0.1) is 0 Å². The predicted octanol–water partition coefficient (Wildman–Crippen LogP) is 5.50. The Bertz CT molecular complexity index is 1100. The van der Waals surface area contributed by atoms with Gasteiger partial charge < -0.3 is 14.5 Å². The molecule has 28 heavy (non-hydrogen) atoms. The number of benzene rings is 2. The average Bonchev–Trinajstić information content (AvgIpc) is 3.29. The van der Waals surface area contributed by atoms with Gasteiger partial charge in [-0.2, -0.15) is 0 Å². The summed E-state index contributed by atoms with van der Waals surface area (Å²) in [5.74, 6) is 1.61. The van der Waals surface area contributed by atoms with Crippen LogP contribution in [0.25, 0.3) is 17.4 Å². The molecule has 1 aliphatic rings. The van der Waals surface area contributed by atoms with Crippen LogP contribution in [-0.4, -0.2) is 18.2 Å². The molecule has 1 amide bonds. The minimum Gasteiger partial charge on any atom is -0.494 e. The Labute approximate surface area is 171 Å². The minimum atomic E-state index is -0.227. The maximum Gasteiger partial charge on any atom is 0.264 e. The van der Waals surface area contributed by atoms with Crippen LogP contribution in [0.1, 0.15) is 5.76 Å². The van der Waals surface area contributed by atoms with Crippen LogP contribution >= 0.6 is 23.4 Å². The number of ether oxygens (including phenoxy) is 1. The second kappa shape index (κ2) is 7.96. The van der Waals surface area contributed by atoms with E-state index in [9.17, 15) is 4.79 Å². The molecule has 0 atom stereocenters. The number of amidine groups is 1. The Morgan fingerprint density at radius 2 is 1.89 bits per heavy atom. The Kier molecular flexibility index (Phi) is 5.23. The third-order valence-corrected chi connectivity index (χ3v) is 5.24. The molecule has 2 heterocycles. The molecule has 1 aromatic heterocycles. The zero-order chi connectivity index (χ0) is 19.5. The highest BCUT2D eigenvalue weighted by Gasteiger charge is 2.24. The third-order valence-electron chi connectivity index (χ3n) is 4.00. The first-order chi connectivity index (χ1) is 13.6. The summed E-state index contributed by atoms with van der Waals surface area (Å²) >= 11 is 7.46. The standard InChI is InChI=1S/C21H15ClN2O3S/c1-26-18-9-5-4-8-16(18)23-21-24-20(25)19(28-21)12-13-10-11-17(27-13)14-6-2-3-7-15(14)22/h2-12H,1H3,(H,23,24,25)/b19-12+. The van der Waals surface area contributed by atoms with E-state index in [2.05, 4.69) is 10.3 Å². The van der Waals surface area contributed by atoms with Gasteiger partial charge in [0.15, 0.2) is 5.17 Å². The Morgan fingerprint density at radius 3 is 2.71 bits per heavy atom. The fourth-order valence-corrected chi connectivity index (χ4v) is 3.72. The van der Waals surface area contributed by atoms with Gasteiger partial charge in [-0.3, -0.25) is 4.79 Å². The van der Waals surface area contributed by atoms with Crippen LogP contribution in [0.3, 0.4) is 0 Å². The van der Waals surface area contributed by atoms with Gasteiger partial charge in [-0.25, -0.2) is 4.99 Å². The lowest BCUT2D eigenvalue weighted by atomic mass is 10.2. The second-order valence-corrected chi connectivity index (χ2v) is 7.27. The molecular formula is C21H15ClN2O3S. The number of rotatable bonds is 4. The molecule has 1 N–H and O–H groups in total. The van der Waals surface area contributed by atoms with Crippen molar-refractivity contribution in [2.45, 2.75) is 0 Å². The summed E-state index contributed by atoms with van der Waals surface area (Å²) in [5, 5.41) is 3.85. The lowest BCUT2D eigenvalue weighted by Gasteiger charge is -2.03. The summed E-state index contributed by atoms with van der Waals surface area (Å²) in [6, 6.07) is 18.4. The summed E-state index contributed by atoms with van der Waals surface area (Å²) < 4.78 is 11.1. The quantitative estimate of drug-likeness (QED) is 0.577. The number of amides is 1. The van der Waals surface area contributed by atoms with Crippen molar-refractivity contribution in [1.29, 1.82) is 0 Å². The molecular weight excluding hydrogens is 396 g/mol. The zero-order valence-electron chi connectivity index (χ0n) is 14.8.